The molecule has 0 spiro atoms. The van der Waals surface area contributed by atoms with Gasteiger partial charge in [0.15, 0.2) is 5.78 Å². The summed E-state index contributed by atoms with van der Waals surface area (Å²) in [7, 11) is 1.60. The summed E-state index contributed by atoms with van der Waals surface area (Å²) in [6.07, 6.45) is -1.10. The van der Waals surface area contributed by atoms with Gasteiger partial charge >= 0.3 is 0 Å². The molecule has 2 atom stereocenters. The Morgan fingerprint density at radius 2 is 1.56 bits per heavy atom. The van der Waals surface area contributed by atoms with Gasteiger partial charge in [-0.1, -0.05) is 24.3 Å². The van der Waals surface area contributed by atoms with Crippen molar-refractivity contribution in [2.45, 2.75) is 19.1 Å². The third-order valence-corrected chi connectivity index (χ3v) is 3.84. The molecule has 3 N–H and O–H groups in total. The second-order valence-electron chi connectivity index (χ2n) is 5.62. The predicted octanol–water partition coefficient (Wildman–Crippen LogP) is 1.40. The summed E-state index contributed by atoms with van der Waals surface area (Å²) in [6.45, 7) is 0.636. The van der Waals surface area contributed by atoms with Gasteiger partial charge in [-0.2, -0.15) is 0 Å². The Hall–Kier alpha value is -2.70. The molecule has 132 valence electrons. The molecule has 2 rings (SSSR count). The van der Waals surface area contributed by atoms with Crippen LogP contribution in [0.3, 0.4) is 0 Å². The van der Waals surface area contributed by atoms with E-state index in [1.54, 1.807) is 31.4 Å². The van der Waals surface area contributed by atoms with E-state index in [0.717, 1.165) is 16.9 Å². The number of ketones is 1. The van der Waals surface area contributed by atoms with Crippen LogP contribution in [0.1, 0.15) is 17.3 Å². The third-order valence-electron chi connectivity index (χ3n) is 3.84. The van der Waals surface area contributed by atoms with Gasteiger partial charge in [0.1, 0.15) is 18.4 Å². The molecule has 0 saturated carbocycles. The van der Waals surface area contributed by atoms with Crippen LogP contribution in [0.25, 0.3) is 11.1 Å². The summed E-state index contributed by atoms with van der Waals surface area (Å²) in [5.41, 5.74) is 2.26. The number of rotatable bonds is 7. The van der Waals surface area contributed by atoms with E-state index in [0.29, 0.717) is 5.56 Å². The van der Waals surface area contributed by atoms with Gasteiger partial charge < -0.3 is 20.3 Å². The van der Waals surface area contributed by atoms with E-state index < -0.39 is 30.4 Å². The third kappa shape index (κ3) is 4.65. The van der Waals surface area contributed by atoms with Crippen LogP contribution < -0.4 is 10.1 Å². The van der Waals surface area contributed by atoms with Crippen molar-refractivity contribution in [1.29, 1.82) is 0 Å². The minimum atomic E-state index is -1.14. The van der Waals surface area contributed by atoms with E-state index in [9.17, 15) is 14.7 Å². The molecule has 0 saturated heterocycles. The zero-order valence-electron chi connectivity index (χ0n) is 14.1. The van der Waals surface area contributed by atoms with Gasteiger partial charge in [0, 0.05) is 5.56 Å². The first kappa shape index (κ1) is 18.6. The summed E-state index contributed by atoms with van der Waals surface area (Å²) < 4.78 is 5.12. The number of methoxy groups -OCH3 is 1. The largest absolute Gasteiger partial charge is 0.497 e. The van der Waals surface area contributed by atoms with Gasteiger partial charge in [-0.05, 0) is 42.3 Å². The molecule has 0 aliphatic heterocycles. The highest BCUT2D eigenvalue weighted by Crippen LogP contribution is 2.22. The smallest absolute Gasteiger partial charge is 0.251 e. The summed E-state index contributed by atoms with van der Waals surface area (Å²) >= 11 is 0. The lowest BCUT2D eigenvalue weighted by Crippen LogP contribution is -2.48. The maximum Gasteiger partial charge on any atom is 0.251 e. The van der Waals surface area contributed by atoms with E-state index in [-0.39, 0.29) is 0 Å². The highest BCUT2D eigenvalue weighted by Gasteiger charge is 2.25. The Kier molecular flexibility index (Phi) is 6.27. The van der Waals surface area contributed by atoms with Crippen molar-refractivity contribution >= 4 is 11.7 Å². The van der Waals surface area contributed by atoms with Crippen molar-refractivity contribution in [2.75, 3.05) is 13.7 Å². The zero-order chi connectivity index (χ0) is 18.4. The number of carbonyl (C=O) groups excluding carboxylic acids is 2. The van der Waals surface area contributed by atoms with E-state index >= 15 is 0 Å². The molecule has 0 radical (unpaired) electrons. The van der Waals surface area contributed by atoms with Crippen LogP contribution in [0.4, 0.5) is 0 Å². The van der Waals surface area contributed by atoms with Crippen molar-refractivity contribution in [2.24, 2.45) is 0 Å². The number of aliphatic hydroxyl groups excluding tert-OH is 2. The molecule has 0 bridgehead atoms. The number of ether oxygens (including phenoxy) is 1. The number of hydrogen-bond donors (Lipinski definition) is 3. The molecule has 6 heteroatoms. The molecule has 0 heterocycles. The van der Waals surface area contributed by atoms with Gasteiger partial charge in [-0.15, -0.1) is 0 Å². The fourth-order valence-electron chi connectivity index (χ4n) is 2.39. The molecule has 2 aromatic carbocycles. The lowest BCUT2D eigenvalue weighted by molar-refractivity contribution is -0.125. The minimum absolute atomic E-state index is 0.355. The zero-order valence-corrected chi connectivity index (χ0v) is 14.1. The van der Waals surface area contributed by atoms with Crippen LogP contribution in [0.2, 0.25) is 0 Å². The van der Waals surface area contributed by atoms with Gasteiger partial charge in [0.2, 0.25) is 0 Å². The second kappa shape index (κ2) is 8.41. The fraction of sp³-hybridized carbons (Fsp3) is 0.263. The molecule has 0 fully saturated rings. The number of Topliss-reactive ketones (excluding diaryl/α,β-unsaturated/α-hetero) is 1. The van der Waals surface area contributed by atoms with Gasteiger partial charge in [-0.3, -0.25) is 9.59 Å². The molecule has 25 heavy (non-hydrogen) atoms. The van der Waals surface area contributed by atoms with Crippen LogP contribution in [-0.4, -0.2) is 47.8 Å². The standard InChI is InChI=1S/C19H21NO5/c1-12(22)18(17(23)11-21)20-19(24)15-5-3-13(4-6-15)14-7-9-16(25-2)10-8-14/h3-10,12,18,21-22H,11H2,1-2H3,(H,20,24)/t12-,18+/m1/s1. The number of amides is 1. The number of nitrogens with one attached hydrogen (secondary N) is 1. The molecular weight excluding hydrogens is 322 g/mol. The second-order valence-corrected chi connectivity index (χ2v) is 5.62. The molecule has 0 aromatic heterocycles. The summed E-state index contributed by atoms with van der Waals surface area (Å²) in [4.78, 5) is 23.8. The van der Waals surface area contributed by atoms with Crippen LogP contribution in [0, 0.1) is 0 Å². The van der Waals surface area contributed by atoms with Crippen molar-refractivity contribution in [1.82, 2.24) is 5.32 Å². The van der Waals surface area contributed by atoms with E-state index in [1.807, 2.05) is 24.3 Å². The van der Waals surface area contributed by atoms with Crippen molar-refractivity contribution in [3.8, 4) is 16.9 Å². The Balaban J connectivity index is 2.12. The van der Waals surface area contributed by atoms with Crippen molar-refractivity contribution in [3.05, 3.63) is 54.1 Å². The van der Waals surface area contributed by atoms with Gasteiger partial charge in [0.05, 0.1) is 13.2 Å². The Morgan fingerprint density at radius 1 is 1.04 bits per heavy atom. The number of hydrogen-bond acceptors (Lipinski definition) is 5. The van der Waals surface area contributed by atoms with Gasteiger partial charge in [0.25, 0.3) is 5.91 Å². The lowest BCUT2D eigenvalue weighted by Gasteiger charge is -2.19. The molecular formula is C19H21NO5. The molecule has 1 amide bonds. The lowest BCUT2D eigenvalue weighted by atomic mass is 10.0. The van der Waals surface area contributed by atoms with E-state index in [2.05, 4.69) is 5.32 Å². The molecule has 0 unspecified atom stereocenters. The summed E-state index contributed by atoms with van der Waals surface area (Å²) in [5.74, 6) is -0.371. The Bertz CT molecular complexity index is 722. The average Bonchev–Trinajstić information content (AvgIpc) is 2.65. The number of carbonyl (C=O) groups is 2. The predicted molar refractivity (Wildman–Crippen MR) is 93.5 cm³/mol. The topological polar surface area (TPSA) is 95.9 Å². The molecule has 0 aliphatic rings. The SMILES string of the molecule is COc1ccc(-c2ccc(C(=O)N[C@H](C(=O)CO)[C@@H](C)O)cc2)cc1. The summed E-state index contributed by atoms with van der Waals surface area (Å²) in [6, 6.07) is 13.2. The first-order valence-corrected chi connectivity index (χ1v) is 7.83. The maximum atomic E-state index is 12.2. The fourth-order valence-corrected chi connectivity index (χ4v) is 2.39. The van der Waals surface area contributed by atoms with Crippen LogP contribution >= 0.6 is 0 Å². The average molecular weight is 343 g/mol. The monoisotopic (exact) mass is 343 g/mol. The van der Waals surface area contributed by atoms with Crippen molar-refractivity contribution in [3.63, 3.8) is 0 Å². The number of aliphatic hydroxyl groups is 2. The van der Waals surface area contributed by atoms with Crippen LogP contribution in [0.5, 0.6) is 5.75 Å². The van der Waals surface area contributed by atoms with E-state index in [1.165, 1.54) is 6.92 Å². The number of benzene rings is 2. The highest BCUT2D eigenvalue weighted by atomic mass is 16.5. The first-order valence-electron chi connectivity index (χ1n) is 7.83. The van der Waals surface area contributed by atoms with Crippen molar-refractivity contribution < 1.29 is 24.5 Å². The first-order chi connectivity index (χ1) is 12.0. The molecule has 0 aliphatic carbocycles. The van der Waals surface area contributed by atoms with E-state index in [4.69, 9.17) is 9.84 Å². The molecule has 6 nitrogen and oxygen atoms in total. The highest BCUT2D eigenvalue weighted by molar-refractivity contribution is 5.98. The summed E-state index contributed by atoms with van der Waals surface area (Å²) in [5, 5.41) is 20.9. The maximum absolute atomic E-state index is 12.2. The van der Waals surface area contributed by atoms with Gasteiger partial charge in [-0.25, -0.2) is 0 Å². The normalized spacial score (nSPS) is 13.0. The Labute approximate surface area is 146 Å². The molecule has 2 aromatic rings. The quantitative estimate of drug-likeness (QED) is 0.706. The van der Waals surface area contributed by atoms with Crippen LogP contribution in [0.15, 0.2) is 48.5 Å². The Morgan fingerprint density at radius 3 is 2.00 bits per heavy atom. The minimum Gasteiger partial charge on any atom is -0.497 e. The van der Waals surface area contributed by atoms with Crippen LogP contribution in [-0.2, 0) is 4.79 Å².